The van der Waals surface area contributed by atoms with Crippen molar-refractivity contribution in [1.82, 2.24) is 0 Å². The zero-order valence-corrected chi connectivity index (χ0v) is 44.8. The van der Waals surface area contributed by atoms with E-state index < -0.39 is 6.10 Å². The Balaban J connectivity index is 4.28. The maximum Gasteiger partial charge on any atom is 0.306 e. The highest BCUT2D eigenvalue weighted by atomic mass is 16.6. The van der Waals surface area contributed by atoms with Crippen molar-refractivity contribution in [3.63, 3.8) is 0 Å². The predicted molar refractivity (Wildman–Crippen MR) is 279 cm³/mol. The van der Waals surface area contributed by atoms with Crippen LogP contribution in [0.25, 0.3) is 0 Å². The highest BCUT2D eigenvalue weighted by molar-refractivity contribution is 5.71. The van der Waals surface area contributed by atoms with E-state index in [-0.39, 0.29) is 31.1 Å². The van der Waals surface area contributed by atoms with Crippen LogP contribution in [0.15, 0.2) is 0 Å². The minimum absolute atomic E-state index is 0.0636. The van der Waals surface area contributed by atoms with E-state index in [1.165, 1.54) is 205 Å². The number of carbonyl (C=O) groups excluding carboxylic acids is 3. The fourth-order valence-electron chi connectivity index (χ4n) is 9.00. The summed E-state index contributed by atoms with van der Waals surface area (Å²) in [7, 11) is 0. The van der Waals surface area contributed by atoms with Crippen LogP contribution in [0.3, 0.4) is 0 Å². The van der Waals surface area contributed by atoms with Crippen molar-refractivity contribution < 1.29 is 28.6 Å². The summed E-state index contributed by atoms with van der Waals surface area (Å²) in [4.78, 5) is 38.1. The van der Waals surface area contributed by atoms with E-state index in [9.17, 15) is 14.4 Å². The average molecular weight is 920 g/mol. The number of rotatable bonds is 52. The number of unbranched alkanes of at least 4 members (excludes halogenated alkanes) is 35. The van der Waals surface area contributed by atoms with Gasteiger partial charge < -0.3 is 14.2 Å². The predicted octanol–water partition coefficient (Wildman–Crippen LogP) is 19.1. The molecule has 0 N–H and O–H groups in total. The summed E-state index contributed by atoms with van der Waals surface area (Å²) in [6.45, 7) is 13.8. The van der Waals surface area contributed by atoms with Crippen LogP contribution in [0.5, 0.6) is 0 Å². The van der Waals surface area contributed by atoms with E-state index in [2.05, 4.69) is 41.5 Å². The van der Waals surface area contributed by atoms with Crippen LogP contribution in [-0.2, 0) is 28.6 Å². The molecule has 0 aromatic carbocycles. The summed E-state index contributed by atoms with van der Waals surface area (Å²) in [5, 5.41) is 0. The minimum Gasteiger partial charge on any atom is -0.462 e. The van der Waals surface area contributed by atoms with Gasteiger partial charge in [0.05, 0.1) is 0 Å². The third-order valence-corrected chi connectivity index (χ3v) is 13.4. The van der Waals surface area contributed by atoms with Crippen molar-refractivity contribution in [2.24, 2.45) is 17.8 Å². The zero-order valence-electron chi connectivity index (χ0n) is 44.8. The molecule has 6 nitrogen and oxygen atoms in total. The Hall–Kier alpha value is -1.59. The van der Waals surface area contributed by atoms with Crippen molar-refractivity contribution in [2.75, 3.05) is 13.2 Å². The summed E-state index contributed by atoms with van der Waals surface area (Å²) < 4.78 is 16.9. The van der Waals surface area contributed by atoms with Crippen LogP contribution < -0.4 is 0 Å². The van der Waals surface area contributed by atoms with Crippen molar-refractivity contribution in [2.45, 2.75) is 330 Å². The molecule has 0 aromatic heterocycles. The summed E-state index contributed by atoms with van der Waals surface area (Å²) in [6.07, 6.45) is 52.4. The van der Waals surface area contributed by atoms with Gasteiger partial charge in [0.1, 0.15) is 13.2 Å². The molecule has 0 aromatic rings. The quantitative estimate of drug-likeness (QED) is 0.0344. The monoisotopic (exact) mass is 919 g/mol. The van der Waals surface area contributed by atoms with E-state index in [0.717, 1.165) is 75.5 Å². The molecule has 386 valence electrons. The Morgan fingerprint density at radius 1 is 0.262 bits per heavy atom. The molecule has 0 radical (unpaired) electrons. The Labute approximate surface area is 406 Å². The molecular weight excluding hydrogens is 805 g/mol. The maximum absolute atomic E-state index is 12.9. The molecule has 0 rings (SSSR count). The van der Waals surface area contributed by atoms with Crippen LogP contribution >= 0.6 is 0 Å². The first-order chi connectivity index (χ1) is 31.6. The number of hydrogen-bond donors (Lipinski definition) is 0. The van der Waals surface area contributed by atoms with Gasteiger partial charge in [-0.1, -0.05) is 286 Å². The second-order valence-corrected chi connectivity index (χ2v) is 21.7. The summed E-state index contributed by atoms with van der Waals surface area (Å²) >= 11 is 0. The molecule has 0 spiro atoms. The Kier molecular flexibility index (Phi) is 49.1. The van der Waals surface area contributed by atoms with Crippen LogP contribution in [0.4, 0.5) is 0 Å². The molecule has 0 unspecified atom stereocenters. The van der Waals surface area contributed by atoms with Crippen molar-refractivity contribution in [3.8, 4) is 0 Å². The highest BCUT2D eigenvalue weighted by Gasteiger charge is 2.19. The second-order valence-electron chi connectivity index (χ2n) is 21.7. The molecule has 0 aliphatic carbocycles. The van der Waals surface area contributed by atoms with Crippen LogP contribution in [0.2, 0.25) is 0 Å². The van der Waals surface area contributed by atoms with Gasteiger partial charge in [0.2, 0.25) is 0 Å². The SMILES string of the molecule is CC(C)CCCCCCCCCCCCCCCCCC(=O)OC[C@H](COC(=O)CCCCCCCCCCCC(C)C)OC(=O)CCCCCCCCCCCCCCCCC(C)C. The number of hydrogen-bond acceptors (Lipinski definition) is 6. The molecule has 0 fully saturated rings. The van der Waals surface area contributed by atoms with E-state index in [0.29, 0.717) is 19.3 Å². The van der Waals surface area contributed by atoms with E-state index in [1.54, 1.807) is 0 Å². The summed E-state index contributed by atoms with van der Waals surface area (Å²) in [6, 6.07) is 0. The van der Waals surface area contributed by atoms with Gasteiger partial charge in [-0.25, -0.2) is 0 Å². The topological polar surface area (TPSA) is 78.9 Å². The van der Waals surface area contributed by atoms with Crippen LogP contribution in [0.1, 0.15) is 324 Å². The number of esters is 3. The Bertz CT molecular complexity index is 1010. The van der Waals surface area contributed by atoms with E-state index >= 15 is 0 Å². The van der Waals surface area contributed by atoms with Crippen molar-refractivity contribution in [1.29, 1.82) is 0 Å². The molecular formula is C59H114O6. The minimum atomic E-state index is -0.764. The first-order valence-corrected chi connectivity index (χ1v) is 29.1. The van der Waals surface area contributed by atoms with Gasteiger partial charge in [-0.15, -0.1) is 0 Å². The molecule has 0 aliphatic rings. The smallest absolute Gasteiger partial charge is 0.306 e. The largest absolute Gasteiger partial charge is 0.462 e. The fourth-order valence-corrected chi connectivity index (χ4v) is 9.00. The molecule has 0 amide bonds. The maximum atomic E-state index is 12.9. The lowest BCUT2D eigenvalue weighted by Gasteiger charge is -2.18. The molecule has 0 aliphatic heterocycles. The third kappa shape index (κ3) is 53.2. The van der Waals surface area contributed by atoms with Crippen molar-refractivity contribution in [3.05, 3.63) is 0 Å². The molecule has 0 heterocycles. The Morgan fingerprint density at radius 2 is 0.446 bits per heavy atom. The number of ether oxygens (including phenoxy) is 3. The summed E-state index contributed by atoms with van der Waals surface area (Å²) in [5.74, 6) is 1.66. The third-order valence-electron chi connectivity index (χ3n) is 13.4. The van der Waals surface area contributed by atoms with Crippen LogP contribution in [-0.4, -0.2) is 37.2 Å². The Morgan fingerprint density at radius 3 is 0.662 bits per heavy atom. The van der Waals surface area contributed by atoms with E-state index in [4.69, 9.17) is 14.2 Å². The molecule has 65 heavy (non-hydrogen) atoms. The van der Waals surface area contributed by atoms with Crippen molar-refractivity contribution >= 4 is 17.9 Å². The second kappa shape index (κ2) is 50.3. The lowest BCUT2D eigenvalue weighted by Crippen LogP contribution is -2.30. The van der Waals surface area contributed by atoms with Gasteiger partial charge in [0, 0.05) is 19.3 Å². The van der Waals surface area contributed by atoms with Gasteiger partial charge in [0.25, 0.3) is 0 Å². The lowest BCUT2D eigenvalue weighted by atomic mass is 10.0. The van der Waals surface area contributed by atoms with Gasteiger partial charge in [-0.3, -0.25) is 14.4 Å². The lowest BCUT2D eigenvalue weighted by molar-refractivity contribution is -0.167. The van der Waals surface area contributed by atoms with E-state index in [1.807, 2.05) is 0 Å². The van der Waals surface area contributed by atoms with Gasteiger partial charge in [0.15, 0.2) is 6.10 Å². The summed E-state index contributed by atoms with van der Waals surface area (Å²) in [5.41, 5.74) is 0. The molecule has 1 atom stereocenters. The number of carbonyl (C=O) groups is 3. The molecule has 6 heteroatoms. The molecule has 0 bridgehead atoms. The van der Waals surface area contributed by atoms with Gasteiger partial charge >= 0.3 is 17.9 Å². The zero-order chi connectivity index (χ0) is 47.7. The first kappa shape index (κ1) is 63.4. The van der Waals surface area contributed by atoms with Crippen LogP contribution in [0, 0.1) is 17.8 Å². The standard InChI is InChI=1S/C59H114O6/c1-53(2)45-39-33-27-21-16-12-8-7-9-14-18-24-30-36-42-48-57(60)63-51-56(52-64-58(61)49-43-37-31-26-20-23-29-35-41-47-55(5)6)65-59(62)50-44-38-32-25-19-15-11-10-13-17-22-28-34-40-46-54(3)4/h53-56H,7-52H2,1-6H3/t56-/m1/s1. The van der Waals surface area contributed by atoms with Gasteiger partial charge in [-0.05, 0) is 37.0 Å². The molecule has 0 saturated carbocycles. The highest BCUT2D eigenvalue weighted by Crippen LogP contribution is 2.18. The average Bonchev–Trinajstić information content (AvgIpc) is 3.26. The first-order valence-electron chi connectivity index (χ1n) is 29.1. The van der Waals surface area contributed by atoms with Gasteiger partial charge in [-0.2, -0.15) is 0 Å². The normalized spacial score (nSPS) is 12.1. The fraction of sp³-hybridized carbons (Fsp3) is 0.949. The molecule has 0 saturated heterocycles.